The molecule has 1 aliphatic rings. The van der Waals surface area contributed by atoms with Crippen molar-refractivity contribution in [2.75, 3.05) is 6.54 Å². The van der Waals surface area contributed by atoms with Crippen LogP contribution in [0.2, 0.25) is 0 Å². The van der Waals surface area contributed by atoms with Crippen molar-refractivity contribution < 1.29 is 9.59 Å². The van der Waals surface area contributed by atoms with E-state index in [1.807, 2.05) is 13.8 Å². The lowest BCUT2D eigenvalue weighted by atomic mass is 10.1. The van der Waals surface area contributed by atoms with Crippen molar-refractivity contribution in [2.45, 2.75) is 52.4 Å². The maximum absolute atomic E-state index is 12.1. The molecule has 134 valence electrons. The van der Waals surface area contributed by atoms with Crippen LogP contribution in [0.15, 0.2) is 6.33 Å². The normalized spacial score (nSPS) is 15.0. The second-order valence-corrected chi connectivity index (χ2v) is 6.87. The number of fused-ring (bicyclic) bond motifs is 1. The number of rotatable bonds is 6. The van der Waals surface area contributed by atoms with E-state index in [1.54, 1.807) is 10.7 Å². The number of aryl methyl sites for hydroxylation is 2. The van der Waals surface area contributed by atoms with E-state index < -0.39 is 5.91 Å². The molecular weight excluding hydrogens is 318 g/mol. The Labute approximate surface area is 147 Å². The molecule has 0 atom stereocenters. The number of nitrogens with one attached hydrogen (secondary N) is 1. The molecule has 0 aliphatic heterocycles. The van der Waals surface area contributed by atoms with E-state index in [2.05, 4.69) is 15.3 Å². The molecule has 2 amide bonds. The molecule has 3 N–H and O–H groups in total. The first-order valence-electron chi connectivity index (χ1n) is 8.87. The van der Waals surface area contributed by atoms with E-state index in [0.29, 0.717) is 24.4 Å². The summed E-state index contributed by atoms with van der Waals surface area (Å²) < 4.78 is 1.76. The van der Waals surface area contributed by atoms with Gasteiger partial charge < -0.3 is 11.1 Å². The third-order valence-corrected chi connectivity index (χ3v) is 5.15. The molecule has 3 rings (SSSR count). The lowest BCUT2D eigenvalue weighted by Crippen LogP contribution is -2.28. The molecule has 0 aromatic carbocycles. The molecule has 7 heteroatoms. The van der Waals surface area contributed by atoms with E-state index in [0.717, 1.165) is 23.5 Å². The molecule has 0 radical (unpaired) electrons. The Morgan fingerprint density at radius 2 is 2.04 bits per heavy atom. The van der Waals surface area contributed by atoms with Crippen LogP contribution in [0.1, 0.15) is 59.5 Å². The number of hydrogen-bond donors (Lipinski definition) is 2. The Kier molecular flexibility index (Phi) is 5.01. The van der Waals surface area contributed by atoms with Crippen LogP contribution in [0.4, 0.5) is 0 Å². The fourth-order valence-electron chi connectivity index (χ4n) is 3.66. The fraction of sp³-hybridized carbons (Fsp3) is 0.556. The fourth-order valence-corrected chi connectivity index (χ4v) is 3.66. The van der Waals surface area contributed by atoms with Gasteiger partial charge in [0.2, 0.25) is 5.91 Å². The van der Waals surface area contributed by atoms with E-state index >= 15 is 0 Å². The molecule has 2 aromatic heterocycles. The van der Waals surface area contributed by atoms with Crippen molar-refractivity contribution in [1.29, 1.82) is 0 Å². The largest absolute Gasteiger partial charge is 0.364 e. The zero-order valence-electron chi connectivity index (χ0n) is 14.8. The molecule has 0 unspecified atom stereocenters. The van der Waals surface area contributed by atoms with Crippen molar-refractivity contribution in [3.8, 4) is 0 Å². The van der Waals surface area contributed by atoms with Gasteiger partial charge in [-0.3, -0.25) is 14.0 Å². The average molecular weight is 343 g/mol. The summed E-state index contributed by atoms with van der Waals surface area (Å²) in [6.07, 6.45) is 7.61. The lowest BCUT2D eigenvalue weighted by Gasteiger charge is -2.13. The first-order chi connectivity index (χ1) is 12.0. The van der Waals surface area contributed by atoms with Crippen LogP contribution in [0.3, 0.4) is 0 Å². The van der Waals surface area contributed by atoms with E-state index in [1.165, 1.54) is 25.7 Å². The number of imidazole rings is 1. The van der Waals surface area contributed by atoms with Crippen molar-refractivity contribution in [1.82, 2.24) is 19.7 Å². The number of aromatic nitrogens is 3. The van der Waals surface area contributed by atoms with Crippen molar-refractivity contribution in [3.63, 3.8) is 0 Å². The molecule has 2 aromatic rings. The molecule has 0 spiro atoms. The molecule has 25 heavy (non-hydrogen) atoms. The number of amides is 2. The highest BCUT2D eigenvalue weighted by Gasteiger charge is 2.18. The summed E-state index contributed by atoms with van der Waals surface area (Å²) in [5.74, 6) is 0.130. The highest BCUT2D eigenvalue weighted by Crippen LogP contribution is 2.24. The maximum Gasteiger partial charge on any atom is 0.271 e. The number of nitrogens with two attached hydrogens (primary N) is 1. The number of primary amides is 1. The molecule has 1 fully saturated rings. The third-order valence-electron chi connectivity index (χ3n) is 5.15. The lowest BCUT2D eigenvalue weighted by molar-refractivity contribution is -0.121. The molecule has 0 bridgehead atoms. The van der Waals surface area contributed by atoms with Crippen molar-refractivity contribution in [2.24, 2.45) is 11.7 Å². The van der Waals surface area contributed by atoms with Gasteiger partial charge >= 0.3 is 0 Å². The van der Waals surface area contributed by atoms with Gasteiger partial charge in [0.25, 0.3) is 5.91 Å². The zero-order chi connectivity index (χ0) is 18.0. The van der Waals surface area contributed by atoms with Crippen LogP contribution in [-0.2, 0) is 11.2 Å². The average Bonchev–Trinajstić information content (AvgIpc) is 3.21. The quantitative estimate of drug-likeness (QED) is 0.833. The van der Waals surface area contributed by atoms with E-state index in [-0.39, 0.29) is 11.6 Å². The summed E-state index contributed by atoms with van der Waals surface area (Å²) in [7, 11) is 0. The van der Waals surface area contributed by atoms with Gasteiger partial charge in [0, 0.05) is 24.4 Å². The third kappa shape index (κ3) is 3.65. The Balaban J connectivity index is 1.68. The summed E-state index contributed by atoms with van der Waals surface area (Å²) in [5.41, 5.74) is 8.73. The predicted molar refractivity (Wildman–Crippen MR) is 94.3 cm³/mol. The number of hydrogen-bond acceptors (Lipinski definition) is 4. The summed E-state index contributed by atoms with van der Waals surface area (Å²) in [6, 6.07) is 0. The summed E-state index contributed by atoms with van der Waals surface area (Å²) in [5, 5.41) is 3.05. The predicted octanol–water partition coefficient (Wildman–Crippen LogP) is 1.68. The minimum atomic E-state index is -0.590. The van der Waals surface area contributed by atoms with Gasteiger partial charge in [-0.15, -0.1) is 0 Å². The van der Waals surface area contributed by atoms with Gasteiger partial charge in [-0.05, 0) is 44.6 Å². The molecule has 1 aliphatic carbocycles. The van der Waals surface area contributed by atoms with Crippen LogP contribution in [0, 0.1) is 19.8 Å². The van der Waals surface area contributed by atoms with Crippen LogP contribution in [-0.4, -0.2) is 32.7 Å². The molecule has 0 saturated heterocycles. The van der Waals surface area contributed by atoms with Gasteiger partial charge in [-0.25, -0.2) is 9.97 Å². The Morgan fingerprint density at radius 1 is 1.32 bits per heavy atom. The minimum Gasteiger partial charge on any atom is -0.364 e. The first kappa shape index (κ1) is 17.4. The second-order valence-electron chi connectivity index (χ2n) is 6.87. The van der Waals surface area contributed by atoms with Gasteiger partial charge in [0.05, 0.1) is 0 Å². The summed E-state index contributed by atoms with van der Waals surface area (Å²) >= 11 is 0. The zero-order valence-corrected chi connectivity index (χ0v) is 14.8. The maximum atomic E-state index is 12.1. The Bertz CT molecular complexity index is 805. The minimum absolute atomic E-state index is 0.0780. The van der Waals surface area contributed by atoms with Gasteiger partial charge in [0.15, 0.2) is 11.3 Å². The van der Waals surface area contributed by atoms with Crippen LogP contribution in [0.25, 0.3) is 5.65 Å². The van der Waals surface area contributed by atoms with Crippen LogP contribution in [0.5, 0.6) is 0 Å². The van der Waals surface area contributed by atoms with Gasteiger partial charge in [-0.2, -0.15) is 0 Å². The van der Waals surface area contributed by atoms with Crippen LogP contribution >= 0.6 is 0 Å². The molecule has 2 heterocycles. The molecular formula is C18H25N5O2. The van der Waals surface area contributed by atoms with Crippen molar-refractivity contribution in [3.05, 3.63) is 29.0 Å². The number of carbonyl (C=O) groups excluding carboxylic acids is 2. The highest BCUT2D eigenvalue weighted by atomic mass is 16.2. The summed E-state index contributed by atoms with van der Waals surface area (Å²) in [4.78, 5) is 32.1. The standard InChI is InChI=1S/C18H25N5O2/c1-11-14(7-8-15(24)20-9-13-5-3-4-6-13)12(2)23-10-21-16(17(19)25)18(23)22-11/h10,13H,3-9H2,1-2H3,(H2,19,25)(H,20,24). The second kappa shape index (κ2) is 7.21. The smallest absolute Gasteiger partial charge is 0.271 e. The van der Waals surface area contributed by atoms with E-state index in [9.17, 15) is 9.59 Å². The summed E-state index contributed by atoms with van der Waals surface area (Å²) in [6.45, 7) is 4.62. The number of carbonyl (C=O) groups is 2. The monoisotopic (exact) mass is 343 g/mol. The Morgan fingerprint density at radius 3 is 2.72 bits per heavy atom. The van der Waals surface area contributed by atoms with Gasteiger partial charge in [-0.1, -0.05) is 12.8 Å². The number of nitrogens with zero attached hydrogens (tertiary/aromatic N) is 3. The topological polar surface area (TPSA) is 102 Å². The molecule has 1 saturated carbocycles. The Hall–Kier alpha value is -2.44. The van der Waals surface area contributed by atoms with Gasteiger partial charge in [0.1, 0.15) is 6.33 Å². The van der Waals surface area contributed by atoms with E-state index in [4.69, 9.17) is 5.73 Å². The highest BCUT2D eigenvalue weighted by molar-refractivity contribution is 5.96. The van der Waals surface area contributed by atoms with Crippen molar-refractivity contribution >= 4 is 17.5 Å². The first-order valence-corrected chi connectivity index (χ1v) is 8.87. The van der Waals surface area contributed by atoms with Crippen LogP contribution < -0.4 is 11.1 Å². The SMILES string of the molecule is Cc1nc2c(C(N)=O)ncn2c(C)c1CCC(=O)NCC1CCCC1. The molecule has 7 nitrogen and oxygen atoms in total.